The van der Waals surface area contributed by atoms with E-state index in [9.17, 15) is 5.11 Å². The van der Waals surface area contributed by atoms with Crippen molar-refractivity contribution < 1.29 is 5.11 Å². The minimum absolute atomic E-state index is 0.0447. The van der Waals surface area contributed by atoms with Gasteiger partial charge in [-0.2, -0.15) is 0 Å². The van der Waals surface area contributed by atoms with Gasteiger partial charge in [-0.1, -0.05) is 27.2 Å². The van der Waals surface area contributed by atoms with Crippen LogP contribution in [0.1, 0.15) is 46.5 Å². The Morgan fingerprint density at radius 1 is 1.36 bits per heavy atom. The first kappa shape index (κ1) is 9.05. The molecule has 11 heavy (non-hydrogen) atoms. The largest absolute Gasteiger partial charge is 0.393 e. The Balaban J connectivity index is 2.55. The summed E-state index contributed by atoms with van der Waals surface area (Å²) in [6.45, 7) is 6.78. The van der Waals surface area contributed by atoms with E-state index in [0.717, 1.165) is 6.42 Å². The molecule has 0 amide bonds. The highest BCUT2D eigenvalue weighted by atomic mass is 16.3. The van der Waals surface area contributed by atoms with Gasteiger partial charge >= 0.3 is 0 Å². The highest BCUT2D eigenvalue weighted by Crippen LogP contribution is 2.36. The molecule has 0 spiro atoms. The van der Waals surface area contributed by atoms with Crippen molar-refractivity contribution in [3.05, 3.63) is 0 Å². The van der Waals surface area contributed by atoms with Gasteiger partial charge in [0, 0.05) is 0 Å². The zero-order chi connectivity index (χ0) is 8.48. The molecule has 1 heteroatoms. The van der Waals surface area contributed by atoms with Crippen molar-refractivity contribution in [3.63, 3.8) is 0 Å². The van der Waals surface area contributed by atoms with Crippen LogP contribution in [0.15, 0.2) is 0 Å². The third-order valence-corrected chi connectivity index (χ3v) is 2.88. The first-order valence-electron chi connectivity index (χ1n) is 4.69. The molecule has 2 atom stereocenters. The molecule has 1 nitrogen and oxygen atoms in total. The van der Waals surface area contributed by atoms with Crippen LogP contribution in [-0.2, 0) is 0 Å². The second-order valence-electron chi connectivity index (χ2n) is 4.81. The Labute approximate surface area is 69.8 Å². The number of rotatable bonds is 0. The number of aliphatic hydroxyl groups is 1. The summed E-state index contributed by atoms with van der Waals surface area (Å²) in [5, 5.41) is 9.59. The molecule has 1 rings (SSSR count). The lowest BCUT2D eigenvalue weighted by atomic mass is 9.81. The van der Waals surface area contributed by atoms with E-state index in [-0.39, 0.29) is 6.10 Å². The minimum atomic E-state index is -0.0447. The van der Waals surface area contributed by atoms with Gasteiger partial charge in [-0.25, -0.2) is 0 Å². The molecule has 0 radical (unpaired) electrons. The molecule has 1 aliphatic carbocycles. The average Bonchev–Trinajstić information content (AvgIpc) is 1.93. The van der Waals surface area contributed by atoms with Gasteiger partial charge in [-0.15, -0.1) is 0 Å². The summed E-state index contributed by atoms with van der Waals surface area (Å²) in [5.41, 5.74) is 0.455. The van der Waals surface area contributed by atoms with Crippen LogP contribution in [0, 0.1) is 11.3 Å². The molecule has 0 aliphatic heterocycles. The fourth-order valence-corrected chi connectivity index (χ4v) is 2.18. The lowest BCUT2D eigenvalue weighted by Crippen LogP contribution is -2.19. The van der Waals surface area contributed by atoms with Crippen molar-refractivity contribution in [1.82, 2.24) is 0 Å². The maximum atomic E-state index is 9.59. The quantitative estimate of drug-likeness (QED) is 0.534. The Kier molecular flexibility index (Phi) is 2.58. The second-order valence-corrected chi connectivity index (χ2v) is 4.81. The predicted octanol–water partition coefficient (Wildman–Crippen LogP) is 2.58. The van der Waals surface area contributed by atoms with Crippen molar-refractivity contribution in [2.75, 3.05) is 0 Å². The fraction of sp³-hybridized carbons (Fsp3) is 1.00. The molecule has 0 aromatic rings. The zero-order valence-electron chi connectivity index (χ0n) is 7.93. The first-order chi connectivity index (χ1) is 5.01. The third kappa shape index (κ3) is 2.48. The van der Waals surface area contributed by atoms with Crippen LogP contribution in [0.3, 0.4) is 0 Å². The van der Waals surface area contributed by atoms with Crippen LogP contribution >= 0.6 is 0 Å². The smallest absolute Gasteiger partial charge is 0.0566 e. The number of hydrogen-bond acceptors (Lipinski definition) is 1. The van der Waals surface area contributed by atoms with Crippen LogP contribution in [0.25, 0.3) is 0 Å². The summed E-state index contributed by atoms with van der Waals surface area (Å²) >= 11 is 0. The molecule has 0 aromatic heterocycles. The van der Waals surface area contributed by atoms with E-state index in [4.69, 9.17) is 0 Å². The summed E-state index contributed by atoms with van der Waals surface area (Å²) in [6, 6.07) is 0. The summed E-state index contributed by atoms with van der Waals surface area (Å²) in [7, 11) is 0. The van der Waals surface area contributed by atoms with Gasteiger partial charge in [-0.3, -0.25) is 0 Å². The van der Waals surface area contributed by atoms with E-state index in [1.54, 1.807) is 0 Å². The maximum absolute atomic E-state index is 9.59. The van der Waals surface area contributed by atoms with E-state index in [1.807, 2.05) is 0 Å². The SMILES string of the molecule is CC1CC(C)(C)CCCC1O. The van der Waals surface area contributed by atoms with Crippen LogP contribution < -0.4 is 0 Å². The predicted molar refractivity (Wildman–Crippen MR) is 47.4 cm³/mol. The van der Waals surface area contributed by atoms with E-state index in [1.165, 1.54) is 19.3 Å². The van der Waals surface area contributed by atoms with Gasteiger partial charge < -0.3 is 5.11 Å². The minimum Gasteiger partial charge on any atom is -0.393 e. The molecular formula is C10H20O. The lowest BCUT2D eigenvalue weighted by molar-refractivity contribution is 0.0993. The monoisotopic (exact) mass is 156 g/mol. The molecular weight excluding hydrogens is 136 g/mol. The Bertz CT molecular complexity index is 129. The van der Waals surface area contributed by atoms with Gasteiger partial charge in [-0.05, 0) is 30.6 Å². The van der Waals surface area contributed by atoms with Crippen LogP contribution in [0.4, 0.5) is 0 Å². The van der Waals surface area contributed by atoms with E-state index in [0.29, 0.717) is 11.3 Å². The van der Waals surface area contributed by atoms with Crippen LogP contribution in [0.5, 0.6) is 0 Å². The summed E-state index contributed by atoms with van der Waals surface area (Å²) < 4.78 is 0. The van der Waals surface area contributed by atoms with Crippen LogP contribution in [0.2, 0.25) is 0 Å². The summed E-state index contributed by atoms with van der Waals surface area (Å²) in [5.74, 6) is 0.493. The standard InChI is InChI=1S/C10H20O/c1-8-7-10(2,3)6-4-5-9(8)11/h8-9,11H,4-7H2,1-3H3. The molecule has 1 aliphatic rings. The first-order valence-corrected chi connectivity index (χ1v) is 4.69. The Hall–Kier alpha value is -0.0400. The molecule has 1 saturated carbocycles. The van der Waals surface area contributed by atoms with E-state index in [2.05, 4.69) is 20.8 Å². The van der Waals surface area contributed by atoms with Crippen molar-refractivity contribution in [2.24, 2.45) is 11.3 Å². The lowest BCUT2D eigenvalue weighted by Gasteiger charge is -2.25. The molecule has 1 fully saturated rings. The number of hydrogen-bond donors (Lipinski definition) is 1. The number of aliphatic hydroxyl groups excluding tert-OH is 1. The summed E-state index contributed by atoms with van der Waals surface area (Å²) in [6.07, 6.45) is 4.60. The van der Waals surface area contributed by atoms with Gasteiger partial charge in [0.15, 0.2) is 0 Å². The van der Waals surface area contributed by atoms with Gasteiger partial charge in [0.2, 0.25) is 0 Å². The molecule has 2 unspecified atom stereocenters. The van der Waals surface area contributed by atoms with Crippen molar-refractivity contribution in [3.8, 4) is 0 Å². The second kappa shape index (κ2) is 3.14. The molecule has 1 N–H and O–H groups in total. The fourth-order valence-electron chi connectivity index (χ4n) is 2.18. The molecule has 0 aromatic carbocycles. The highest BCUT2D eigenvalue weighted by Gasteiger charge is 2.28. The normalized spacial score (nSPS) is 38.2. The Morgan fingerprint density at radius 3 is 2.64 bits per heavy atom. The molecule has 0 saturated heterocycles. The zero-order valence-corrected chi connectivity index (χ0v) is 7.93. The molecule has 0 heterocycles. The average molecular weight is 156 g/mol. The Morgan fingerprint density at radius 2 is 2.00 bits per heavy atom. The van der Waals surface area contributed by atoms with E-state index >= 15 is 0 Å². The van der Waals surface area contributed by atoms with Crippen molar-refractivity contribution in [1.29, 1.82) is 0 Å². The highest BCUT2D eigenvalue weighted by molar-refractivity contribution is 4.79. The van der Waals surface area contributed by atoms with Crippen LogP contribution in [-0.4, -0.2) is 11.2 Å². The maximum Gasteiger partial charge on any atom is 0.0566 e. The van der Waals surface area contributed by atoms with Gasteiger partial charge in [0.25, 0.3) is 0 Å². The molecule has 0 bridgehead atoms. The topological polar surface area (TPSA) is 20.2 Å². The van der Waals surface area contributed by atoms with Crippen molar-refractivity contribution in [2.45, 2.75) is 52.6 Å². The molecule has 66 valence electrons. The van der Waals surface area contributed by atoms with E-state index < -0.39 is 0 Å². The van der Waals surface area contributed by atoms with Gasteiger partial charge in [0.05, 0.1) is 6.10 Å². The summed E-state index contributed by atoms with van der Waals surface area (Å²) in [4.78, 5) is 0. The van der Waals surface area contributed by atoms with Crippen molar-refractivity contribution >= 4 is 0 Å². The van der Waals surface area contributed by atoms with Gasteiger partial charge in [0.1, 0.15) is 0 Å². The third-order valence-electron chi connectivity index (χ3n) is 2.88.